The molecule has 3 N–H and O–H groups in total. The third-order valence-electron chi connectivity index (χ3n) is 5.83. The molecule has 0 aliphatic carbocycles. The van der Waals surface area contributed by atoms with Crippen LogP contribution in [0.4, 0.5) is 29.5 Å². The Bertz CT molecular complexity index is 1250. The molecular weight excluding hydrogens is 551 g/mol. The van der Waals surface area contributed by atoms with Crippen molar-refractivity contribution in [1.82, 2.24) is 14.9 Å². The van der Waals surface area contributed by atoms with Crippen molar-refractivity contribution in [3.05, 3.63) is 36.3 Å². The number of alkyl halides is 3. The summed E-state index contributed by atoms with van der Waals surface area (Å²) in [6.07, 6.45) is -1.49. The molecule has 41 heavy (non-hydrogen) atoms. The average molecular weight is 584 g/mol. The minimum Gasteiger partial charge on any atom is -0.464 e. The summed E-state index contributed by atoms with van der Waals surface area (Å²) in [5, 5.41) is 7.54. The molecule has 1 atom stereocenters. The van der Waals surface area contributed by atoms with Crippen molar-refractivity contribution in [2.45, 2.75) is 65.0 Å². The fraction of sp³-hybridized carbons (Fsp3) is 0.500. The van der Waals surface area contributed by atoms with Crippen LogP contribution in [0.3, 0.4) is 0 Å². The monoisotopic (exact) mass is 583 g/mol. The van der Waals surface area contributed by atoms with Crippen LogP contribution in [-0.4, -0.2) is 58.5 Å². The van der Waals surface area contributed by atoms with E-state index in [9.17, 15) is 32.3 Å². The van der Waals surface area contributed by atoms with Gasteiger partial charge in [0.05, 0.1) is 18.9 Å². The van der Waals surface area contributed by atoms with Gasteiger partial charge in [0.15, 0.2) is 5.82 Å². The number of ether oxygens (including phenoxy) is 3. The molecule has 1 unspecified atom stereocenters. The maximum absolute atomic E-state index is 12.8. The molecule has 1 aromatic heterocycles. The first kappa shape index (κ1) is 31.2. The van der Waals surface area contributed by atoms with Gasteiger partial charge in [-0.2, -0.15) is 0 Å². The van der Waals surface area contributed by atoms with Gasteiger partial charge in [0.25, 0.3) is 5.91 Å². The lowest BCUT2D eigenvalue weighted by Gasteiger charge is -2.14. The van der Waals surface area contributed by atoms with Gasteiger partial charge in [0, 0.05) is 24.8 Å². The van der Waals surface area contributed by atoms with E-state index in [2.05, 4.69) is 25.7 Å². The van der Waals surface area contributed by atoms with E-state index in [1.807, 2.05) is 6.92 Å². The van der Waals surface area contributed by atoms with Gasteiger partial charge in [0.2, 0.25) is 5.82 Å². The van der Waals surface area contributed by atoms with Crippen LogP contribution in [0, 0.1) is 5.92 Å². The molecule has 0 radical (unpaired) electrons. The molecule has 224 valence electrons. The molecule has 3 rings (SSSR count). The minimum absolute atomic E-state index is 0.0108. The minimum atomic E-state index is -4.83. The maximum atomic E-state index is 12.8. The molecule has 2 heterocycles. The summed E-state index contributed by atoms with van der Waals surface area (Å²) < 4.78 is 52.6. The topological polar surface area (TPSA) is 150 Å². The lowest BCUT2D eigenvalue weighted by Crippen LogP contribution is -2.30. The average Bonchev–Trinajstić information content (AvgIpc) is 3.38. The molecule has 0 saturated carbocycles. The third kappa shape index (κ3) is 9.99. The number of unbranched alkanes of at least 4 members (excludes halogenated alkanes) is 1. The summed E-state index contributed by atoms with van der Waals surface area (Å²) in [5.74, 6) is -2.50. The van der Waals surface area contributed by atoms with Crippen LogP contribution in [0.5, 0.6) is 5.75 Å². The molecule has 2 aromatic rings. The number of benzene rings is 1. The Hall–Kier alpha value is -4.30. The van der Waals surface area contributed by atoms with Crippen LogP contribution in [0.25, 0.3) is 0 Å². The van der Waals surface area contributed by atoms with Crippen molar-refractivity contribution < 1.29 is 46.6 Å². The van der Waals surface area contributed by atoms with Gasteiger partial charge in [-0.1, -0.05) is 13.3 Å². The number of imidazole rings is 1. The second kappa shape index (κ2) is 13.4. The molecule has 0 spiro atoms. The first-order valence-electron chi connectivity index (χ1n) is 12.9. The summed E-state index contributed by atoms with van der Waals surface area (Å²) >= 11 is 0. The number of esters is 2. The van der Waals surface area contributed by atoms with Gasteiger partial charge >= 0.3 is 24.3 Å². The van der Waals surface area contributed by atoms with Gasteiger partial charge in [-0.3, -0.25) is 19.7 Å². The molecule has 1 aromatic carbocycles. The number of carbonyl (C=O) groups is 4. The number of aryl methyl sites for hydroxylation is 1. The quantitative estimate of drug-likeness (QED) is 0.248. The predicted octanol–water partition coefficient (Wildman–Crippen LogP) is 4.23. The molecule has 15 heteroatoms. The van der Waals surface area contributed by atoms with Crippen LogP contribution in [0.15, 0.2) is 30.5 Å². The molecule has 1 saturated heterocycles. The highest BCUT2D eigenvalue weighted by atomic mass is 19.4. The van der Waals surface area contributed by atoms with Gasteiger partial charge in [-0.05, 0) is 44.5 Å². The third-order valence-corrected chi connectivity index (χ3v) is 5.83. The fourth-order valence-electron chi connectivity index (χ4n) is 4.07. The van der Waals surface area contributed by atoms with Gasteiger partial charge < -0.3 is 29.4 Å². The number of nitrogens with one attached hydrogen (secondary N) is 3. The summed E-state index contributed by atoms with van der Waals surface area (Å²) in [6, 6.07) is 3.82. The number of rotatable bonds is 12. The van der Waals surface area contributed by atoms with Crippen molar-refractivity contribution >= 4 is 35.4 Å². The van der Waals surface area contributed by atoms with Crippen molar-refractivity contribution in [3.63, 3.8) is 0 Å². The van der Waals surface area contributed by atoms with Crippen molar-refractivity contribution in [1.29, 1.82) is 0 Å². The Morgan fingerprint density at radius 1 is 1.17 bits per heavy atom. The maximum Gasteiger partial charge on any atom is 0.573 e. The molecule has 3 amide bonds. The van der Waals surface area contributed by atoms with Crippen LogP contribution < -0.4 is 20.7 Å². The van der Waals surface area contributed by atoms with Gasteiger partial charge in [-0.25, -0.2) is 9.78 Å². The van der Waals surface area contributed by atoms with E-state index in [0.717, 1.165) is 25.0 Å². The highest BCUT2D eigenvalue weighted by Gasteiger charge is 2.41. The number of urea groups is 1. The SMILES string of the molecule is CCCCn1cc(NC(=O)Nc2ccc(OC(F)(F)F)cc2)nc1C(=O)NCCOC(=O)CC1CC(C)(C)OC1=O. The second-order valence-corrected chi connectivity index (χ2v) is 9.91. The summed E-state index contributed by atoms with van der Waals surface area (Å²) in [6.45, 7) is 5.81. The fourth-order valence-corrected chi connectivity index (χ4v) is 4.07. The summed E-state index contributed by atoms with van der Waals surface area (Å²) in [7, 11) is 0. The number of aromatic nitrogens is 2. The molecular formula is C26H32F3N5O7. The van der Waals surface area contributed by atoms with Crippen LogP contribution in [0.2, 0.25) is 0 Å². The summed E-state index contributed by atoms with van der Waals surface area (Å²) in [5.41, 5.74) is -0.423. The number of halogens is 3. The summed E-state index contributed by atoms with van der Waals surface area (Å²) in [4.78, 5) is 53.3. The molecule has 0 bridgehead atoms. The molecule has 1 aliphatic rings. The Labute approximate surface area is 233 Å². The van der Waals surface area contributed by atoms with E-state index in [-0.39, 0.29) is 36.9 Å². The van der Waals surface area contributed by atoms with E-state index in [1.54, 1.807) is 18.4 Å². The van der Waals surface area contributed by atoms with Crippen molar-refractivity contribution in [3.8, 4) is 5.75 Å². The second-order valence-electron chi connectivity index (χ2n) is 9.91. The molecule has 12 nitrogen and oxygen atoms in total. The number of hydrogen-bond donors (Lipinski definition) is 3. The molecule has 1 aliphatic heterocycles. The van der Waals surface area contributed by atoms with E-state index in [4.69, 9.17) is 9.47 Å². The highest BCUT2D eigenvalue weighted by Crippen LogP contribution is 2.32. The number of anilines is 2. The van der Waals surface area contributed by atoms with Crippen LogP contribution in [-0.2, 0) is 25.6 Å². The zero-order valence-corrected chi connectivity index (χ0v) is 22.8. The predicted molar refractivity (Wildman–Crippen MR) is 139 cm³/mol. The number of amides is 3. The lowest BCUT2D eigenvalue weighted by atomic mass is 9.95. The number of nitrogens with zero attached hydrogens (tertiary/aromatic N) is 2. The normalized spacial score (nSPS) is 16.0. The van der Waals surface area contributed by atoms with Gasteiger partial charge in [-0.15, -0.1) is 13.2 Å². The smallest absolute Gasteiger partial charge is 0.464 e. The Kier molecular flexibility index (Phi) is 10.2. The van der Waals surface area contributed by atoms with E-state index < -0.39 is 47.5 Å². The number of hydrogen-bond acceptors (Lipinski definition) is 8. The Balaban J connectivity index is 1.50. The highest BCUT2D eigenvalue weighted by molar-refractivity contribution is 6.00. The van der Waals surface area contributed by atoms with Crippen LogP contribution >= 0.6 is 0 Å². The van der Waals surface area contributed by atoms with E-state index in [1.165, 1.54) is 18.3 Å². The largest absolute Gasteiger partial charge is 0.573 e. The first-order chi connectivity index (χ1) is 19.2. The number of cyclic esters (lactones) is 1. The zero-order valence-electron chi connectivity index (χ0n) is 22.8. The first-order valence-corrected chi connectivity index (χ1v) is 12.9. The van der Waals surface area contributed by atoms with Gasteiger partial charge in [0.1, 0.15) is 18.0 Å². The van der Waals surface area contributed by atoms with Crippen LogP contribution in [0.1, 0.15) is 57.1 Å². The Morgan fingerprint density at radius 2 is 1.88 bits per heavy atom. The molecule has 1 fully saturated rings. The number of carbonyl (C=O) groups excluding carboxylic acids is 4. The standard InChI is InChI=1S/C26H32F3N5O7/c1-4-5-11-34-15-19(33-24(38)31-17-6-8-18(9-7-17)40-26(27,28)29)32-21(34)22(36)30-10-12-39-20(35)13-16-14-25(2,3)41-23(16)37/h6-9,15-16H,4-5,10-14H2,1-3H3,(H,30,36)(H2,31,33,38). The van der Waals surface area contributed by atoms with E-state index >= 15 is 0 Å². The van der Waals surface area contributed by atoms with Crippen molar-refractivity contribution in [2.24, 2.45) is 5.92 Å². The van der Waals surface area contributed by atoms with E-state index in [0.29, 0.717) is 13.0 Å². The zero-order chi connectivity index (χ0) is 30.2. The lowest BCUT2D eigenvalue weighted by molar-refractivity contribution is -0.274. The van der Waals surface area contributed by atoms with Crippen molar-refractivity contribution in [2.75, 3.05) is 23.8 Å². The Morgan fingerprint density at radius 3 is 2.49 bits per heavy atom.